The summed E-state index contributed by atoms with van der Waals surface area (Å²) in [5.41, 5.74) is 0. The molecule has 2 N–H and O–H groups in total. The highest BCUT2D eigenvalue weighted by Crippen LogP contribution is 2.07. The summed E-state index contributed by atoms with van der Waals surface area (Å²) in [4.78, 5) is 14.2. The largest absolute Gasteiger partial charge is 0.381 e. The van der Waals surface area contributed by atoms with Crippen LogP contribution in [0.15, 0.2) is 0 Å². The number of piperidine rings is 1. The lowest BCUT2D eigenvalue weighted by atomic mass is 10.1. The summed E-state index contributed by atoms with van der Waals surface area (Å²) >= 11 is 0. The number of carbonyl (C=O) groups is 1. The predicted octanol–water partition coefficient (Wildman–Crippen LogP) is 0.357. The third kappa shape index (κ3) is 5.89. The molecule has 2 rings (SSSR count). The van der Waals surface area contributed by atoms with E-state index in [1.165, 1.54) is 32.4 Å². The predicted molar refractivity (Wildman–Crippen MR) is 75.1 cm³/mol. The van der Waals surface area contributed by atoms with E-state index in [4.69, 9.17) is 4.74 Å². The van der Waals surface area contributed by atoms with E-state index in [9.17, 15) is 4.79 Å². The van der Waals surface area contributed by atoms with Gasteiger partial charge in [-0.25, -0.2) is 0 Å². The van der Waals surface area contributed by atoms with E-state index < -0.39 is 0 Å². The molecule has 5 nitrogen and oxygen atoms in total. The van der Waals surface area contributed by atoms with Gasteiger partial charge in [0.25, 0.3) is 0 Å². The number of amides is 1. The van der Waals surface area contributed by atoms with E-state index in [0.717, 1.165) is 39.1 Å². The minimum atomic E-state index is 0.116. The maximum Gasteiger partial charge on any atom is 0.234 e. The highest BCUT2D eigenvalue weighted by atomic mass is 16.5. The van der Waals surface area contributed by atoms with Gasteiger partial charge in [-0.3, -0.25) is 4.79 Å². The number of nitrogens with zero attached hydrogens (tertiary/aromatic N) is 1. The molecule has 0 unspecified atom stereocenters. The van der Waals surface area contributed by atoms with Crippen molar-refractivity contribution >= 4 is 5.91 Å². The minimum absolute atomic E-state index is 0.116. The highest BCUT2D eigenvalue weighted by Gasteiger charge is 2.15. The fourth-order valence-electron chi connectivity index (χ4n) is 2.74. The second kappa shape index (κ2) is 8.51. The van der Waals surface area contributed by atoms with E-state index in [2.05, 4.69) is 15.5 Å². The van der Waals surface area contributed by atoms with Gasteiger partial charge in [-0.1, -0.05) is 6.42 Å². The molecule has 0 aliphatic carbocycles. The van der Waals surface area contributed by atoms with Crippen molar-refractivity contribution in [3.8, 4) is 0 Å². The van der Waals surface area contributed by atoms with Crippen LogP contribution in [0.4, 0.5) is 0 Å². The van der Waals surface area contributed by atoms with Crippen molar-refractivity contribution in [1.82, 2.24) is 15.5 Å². The number of ether oxygens (including phenoxy) is 1. The second-order valence-electron chi connectivity index (χ2n) is 5.53. The van der Waals surface area contributed by atoms with Gasteiger partial charge in [0.05, 0.1) is 6.54 Å². The molecule has 2 saturated heterocycles. The van der Waals surface area contributed by atoms with Crippen LogP contribution in [0.1, 0.15) is 32.1 Å². The van der Waals surface area contributed by atoms with Crippen molar-refractivity contribution in [2.24, 2.45) is 0 Å². The molecule has 19 heavy (non-hydrogen) atoms. The number of hydrogen-bond acceptors (Lipinski definition) is 4. The Morgan fingerprint density at radius 1 is 1.16 bits per heavy atom. The summed E-state index contributed by atoms with van der Waals surface area (Å²) in [6.45, 7) is 6.38. The van der Waals surface area contributed by atoms with Crippen LogP contribution in [0.3, 0.4) is 0 Å². The van der Waals surface area contributed by atoms with Gasteiger partial charge in [0.2, 0.25) is 5.91 Å². The average molecular weight is 269 g/mol. The highest BCUT2D eigenvalue weighted by molar-refractivity contribution is 5.78. The topological polar surface area (TPSA) is 53.6 Å². The molecular weight excluding hydrogens is 242 g/mol. The maximum absolute atomic E-state index is 11.7. The SMILES string of the molecule is O=C(CNCCN1CCCCC1)NC1CCOCC1. The monoisotopic (exact) mass is 269 g/mol. The summed E-state index contributed by atoms with van der Waals surface area (Å²) in [5, 5.41) is 6.30. The Morgan fingerprint density at radius 2 is 1.89 bits per heavy atom. The first-order valence-corrected chi connectivity index (χ1v) is 7.65. The fraction of sp³-hybridized carbons (Fsp3) is 0.929. The van der Waals surface area contributed by atoms with Gasteiger partial charge in [-0.2, -0.15) is 0 Å². The summed E-state index contributed by atoms with van der Waals surface area (Å²) in [7, 11) is 0. The van der Waals surface area contributed by atoms with Crippen molar-refractivity contribution in [2.45, 2.75) is 38.1 Å². The summed E-state index contributed by atoms with van der Waals surface area (Å²) in [6.07, 6.45) is 5.91. The van der Waals surface area contributed by atoms with Gasteiger partial charge in [-0.15, -0.1) is 0 Å². The van der Waals surface area contributed by atoms with Crippen LogP contribution in [0.5, 0.6) is 0 Å². The number of rotatable bonds is 6. The summed E-state index contributed by atoms with van der Waals surface area (Å²) in [5.74, 6) is 0.116. The third-order valence-electron chi connectivity index (χ3n) is 3.93. The molecule has 0 saturated carbocycles. The van der Waals surface area contributed by atoms with Crippen molar-refractivity contribution < 1.29 is 9.53 Å². The maximum atomic E-state index is 11.7. The number of nitrogens with one attached hydrogen (secondary N) is 2. The van der Waals surface area contributed by atoms with Crippen molar-refractivity contribution in [2.75, 3.05) is 45.9 Å². The molecule has 0 bridgehead atoms. The lowest BCUT2D eigenvalue weighted by Gasteiger charge is -2.26. The summed E-state index contributed by atoms with van der Waals surface area (Å²) < 4.78 is 5.27. The molecule has 0 aromatic rings. The quantitative estimate of drug-likeness (QED) is 0.684. The first-order chi connectivity index (χ1) is 9.34. The van der Waals surface area contributed by atoms with Crippen LogP contribution < -0.4 is 10.6 Å². The Kier molecular flexibility index (Phi) is 6.61. The van der Waals surface area contributed by atoms with Gasteiger partial charge in [-0.05, 0) is 38.8 Å². The van der Waals surface area contributed by atoms with E-state index in [1.54, 1.807) is 0 Å². The second-order valence-corrected chi connectivity index (χ2v) is 5.53. The zero-order valence-electron chi connectivity index (χ0n) is 11.8. The molecule has 0 radical (unpaired) electrons. The first-order valence-electron chi connectivity index (χ1n) is 7.65. The minimum Gasteiger partial charge on any atom is -0.381 e. The molecule has 1 amide bonds. The van der Waals surface area contributed by atoms with E-state index in [1.807, 2.05) is 0 Å². The molecule has 0 aromatic heterocycles. The van der Waals surface area contributed by atoms with Crippen LogP contribution in [0.2, 0.25) is 0 Å². The molecular formula is C14H27N3O2. The van der Waals surface area contributed by atoms with Gasteiger partial charge >= 0.3 is 0 Å². The zero-order valence-corrected chi connectivity index (χ0v) is 11.8. The Hall–Kier alpha value is -0.650. The molecule has 2 heterocycles. The van der Waals surface area contributed by atoms with Crippen LogP contribution in [0.25, 0.3) is 0 Å². The van der Waals surface area contributed by atoms with E-state index >= 15 is 0 Å². The molecule has 110 valence electrons. The lowest BCUT2D eigenvalue weighted by Crippen LogP contribution is -2.44. The van der Waals surface area contributed by atoms with Crippen LogP contribution >= 0.6 is 0 Å². The zero-order chi connectivity index (χ0) is 13.3. The molecule has 2 fully saturated rings. The van der Waals surface area contributed by atoms with Crippen LogP contribution in [0, 0.1) is 0 Å². The molecule has 2 aliphatic heterocycles. The van der Waals surface area contributed by atoms with Gasteiger partial charge in [0, 0.05) is 32.3 Å². The molecule has 5 heteroatoms. The fourth-order valence-corrected chi connectivity index (χ4v) is 2.74. The van der Waals surface area contributed by atoms with Crippen molar-refractivity contribution in [3.05, 3.63) is 0 Å². The van der Waals surface area contributed by atoms with Crippen molar-refractivity contribution in [3.63, 3.8) is 0 Å². The van der Waals surface area contributed by atoms with Crippen LogP contribution in [-0.2, 0) is 9.53 Å². The molecule has 0 spiro atoms. The number of carbonyl (C=O) groups excluding carboxylic acids is 1. The van der Waals surface area contributed by atoms with E-state index in [0.29, 0.717) is 12.6 Å². The standard InChI is InChI=1S/C14H27N3O2/c18-14(16-13-4-10-19-11-5-13)12-15-6-9-17-7-2-1-3-8-17/h13,15H,1-12H2,(H,16,18). The molecule has 0 aromatic carbocycles. The number of likely N-dealkylation sites (tertiary alicyclic amines) is 1. The van der Waals surface area contributed by atoms with Gasteiger partial charge < -0.3 is 20.3 Å². The number of hydrogen-bond donors (Lipinski definition) is 2. The Bertz CT molecular complexity index is 261. The Labute approximate surface area is 116 Å². The first kappa shape index (κ1) is 14.8. The summed E-state index contributed by atoms with van der Waals surface area (Å²) in [6, 6.07) is 0.310. The van der Waals surface area contributed by atoms with Crippen LogP contribution in [-0.4, -0.2) is 62.8 Å². The Balaban J connectivity index is 1.48. The van der Waals surface area contributed by atoms with Gasteiger partial charge in [0.15, 0.2) is 0 Å². The average Bonchev–Trinajstić information content (AvgIpc) is 2.46. The Morgan fingerprint density at radius 3 is 2.63 bits per heavy atom. The normalized spacial score (nSPS) is 22.3. The smallest absolute Gasteiger partial charge is 0.234 e. The van der Waals surface area contributed by atoms with Gasteiger partial charge in [0.1, 0.15) is 0 Å². The third-order valence-corrected chi connectivity index (χ3v) is 3.93. The molecule has 0 atom stereocenters. The van der Waals surface area contributed by atoms with Crippen molar-refractivity contribution in [1.29, 1.82) is 0 Å². The van der Waals surface area contributed by atoms with E-state index in [-0.39, 0.29) is 5.91 Å². The molecule has 2 aliphatic rings. The lowest BCUT2D eigenvalue weighted by molar-refractivity contribution is -0.121.